The number of carbonyl (C=O) groups excluding carboxylic acids is 1. The first-order chi connectivity index (χ1) is 11.5. The van der Waals surface area contributed by atoms with Gasteiger partial charge in [-0.3, -0.25) is 4.79 Å². The second-order valence-corrected chi connectivity index (χ2v) is 4.98. The Morgan fingerprint density at radius 2 is 1.88 bits per heavy atom. The van der Waals surface area contributed by atoms with Gasteiger partial charge in [0.25, 0.3) is 5.91 Å². The predicted octanol–water partition coefficient (Wildman–Crippen LogP) is 1.82. The molecule has 0 aliphatic heterocycles. The summed E-state index contributed by atoms with van der Waals surface area (Å²) in [5, 5.41) is 2.79. The largest absolute Gasteiger partial charge is 0.493 e. The van der Waals surface area contributed by atoms with E-state index in [0.717, 1.165) is 0 Å². The molecule has 0 radical (unpaired) electrons. The Bertz CT molecular complexity index is 734. The average molecular weight is 332 g/mol. The normalized spacial score (nSPS) is 10.0. The van der Waals surface area contributed by atoms with Crippen LogP contribution in [0.2, 0.25) is 0 Å². The van der Waals surface area contributed by atoms with Crippen LogP contribution in [0.3, 0.4) is 0 Å². The number of methoxy groups -OCH3 is 3. The van der Waals surface area contributed by atoms with Crippen molar-refractivity contribution in [2.24, 2.45) is 0 Å². The Hall–Kier alpha value is -3.03. The van der Waals surface area contributed by atoms with E-state index in [1.54, 1.807) is 23.1 Å². The fourth-order valence-electron chi connectivity index (χ4n) is 2.14. The molecule has 1 aromatic heterocycles. The number of benzene rings is 1. The van der Waals surface area contributed by atoms with Gasteiger partial charge in [-0.05, 0) is 12.1 Å². The summed E-state index contributed by atoms with van der Waals surface area (Å²) in [7, 11) is 8.10. The zero-order valence-corrected chi connectivity index (χ0v) is 14.3. The van der Waals surface area contributed by atoms with Gasteiger partial charge < -0.3 is 24.4 Å². The maximum atomic E-state index is 12.6. The third-order valence-corrected chi connectivity index (χ3v) is 3.25. The lowest BCUT2D eigenvalue weighted by Gasteiger charge is -2.17. The molecule has 0 bridgehead atoms. The molecule has 1 N–H and O–H groups in total. The smallest absolute Gasteiger partial charge is 0.318 e. The molecular formula is C16H20N4O4. The first-order valence-corrected chi connectivity index (χ1v) is 7.12. The number of amides is 1. The molecule has 0 aliphatic carbocycles. The second-order valence-electron chi connectivity index (χ2n) is 4.98. The Morgan fingerprint density at radius 1 is 1.12 bits per heavy atom. The Morgan fingerprint density at radius 3 is 2.46 bits per heavy atom. The van der Waals surface area contributed by atoms with Gasteiger partial charge in [0, 0.05) is 14.1 Å². The lowest BCUT2D eigenvalue weighted by Crippen LogP contribution is -2.19. The van der Waals surface area contributed by atoms with Gasteiger partial charge in [-0.25, -0.2) is 4.98 Å². The highest BCUT2D eigenvalue weighted by atomic mass is 16.5. The molecule has 0 saturated carbocycles. The van der Waals surface area contributed by atoms with Crippen LogP contribution in [0.15, 0.2) is 24.4 Å². The third-order valence-electron chi connectivity index (χ3n) is 3.25. The SMILES string of the molecule is COc1ncc(NC(=O)c2cccc(OC)c2OC)c(N(C)C)n1. The predicted molar refractivity (Wildman–Crippen MR) is 90.4 cm³/mol. The van der Waals surface area contributed by atoms with E-state index in [-0.39, 0.29) is 11.9 Å². The highest BCUT2D eigenvalue weighted by molar-refractivity contribution is 6.07. The first-order valence-electron chi connectivity index (χ1n) is 7.12. The van der Waals surface area contributed by atoms with E-state index < -0.39 is 0 Å². The van der Waals surface area contributed by atoms with Crippen molar-refractivity contribution in [3.63, 3.8) is 0 Å². The Balaban J connectivity index is 2.37. The number of hydrogen-bond acceptors (Lipinski definition) is 7. The molecule has 8 nitrogen and oxygen atoms in total. The van der Waals surface area contributed by atoms with Crippen LogP contribution in [-0.4, -0.2) is 51.3 Å². The molecule has 0 saturated heterocycles. The Kier molecular flexibility index (Phi) is 5.41. The minimum absolute atomic E-state index is 0.218. The molecule has 24 heavy (non-hydrogen) atoms. The van der Waals surface area contributed by atoms with Crippen molar-refractivity contribution in [2.75, 3.05) is 45.6 Å². The van der Waals surface area contributed by atoms with Crippen LogP contribution in [0, 0.1) is 0 Å². The molecule has 0 aliphatic rings. The molecule has 128 valence electrons. The van der Waals surface area contributed by atoms with E-state index in [1.165, 1.54) is 27.5 Å². The summed E-state index contributed by atoms with van der Waals surface area (Å²) in [6, 6.07) is 5.30. The van der Waals surface area contributed by atoms with Gasteiger partial charge in [0.2, 0.25) is 0 Å². The summed E-state index contributed by atoms with van der Waals surface area (Å²) in [5.74, 6) is 1.00. The number of nitrogens with zero attached hydrogens (tertiary/aromatic N) is 3. The van der Waals surface area contributed by atoms with Crippen LogP contribution < -0.4 is 24.4 Å². The van der Waals surface area contributed by atoms with Gasteiger partial charge in [0.15, 0.2) is 17.3 Å². The monoisotopic (exact) mass is 332 g/mol. The number of nitrogens with one attached hydrogen (secondary N) is 1. The van der Waals surface area contributed by atoms with E-state index >= 15 is 0 Å². The van der Waals surface area contributed by atoms with Gasteiger partial charge in [-0.15, -0.1) is 0 Å². The van der Waals surface area contributed by atoms with Gasteiger partial charge in [-0.1, -0.05) is 6.07 Å². The summed E-state index contributed by atoms with van der Waals surface area (Å²) in [5.41, 5.74) is 0.799. The molecule has 8 heteroatoms. The summed E-state index contributed by atoms with van der Waals surface area (Å²) >= 11 is 0. The molecule has 1 aromatic carbocycles. The van der Waals surface area contributed by atoms with Crippen LogP contribution in [0.5, 0.6) is 17.5 Å². The number of carbonyl (C=O) groups is 1. The van der Waals surface area contributed by atoms with E-state index in [9.17, 15) is 4.79 Å². The molecule has 2 rings (SSSR count). The maximum absolute atomic E-state index is 12.6. The van der Waals surface area contributed by atoms with Gasteiger partial charge in [0.1, 0.15) is 5.69 Å². The van der Waals surface area contributed by atoms with Crippen molar-refractivity contribution >= 4 is 17.4 Å². The molecule has 0 unspecified atom stereocenters. The minimum Gasteiger partial charge on any atom is -0.493 e. The van der Waals surface area contributed by atoms with Crippen molar-refractivity contribution in [1.29, 1.82) is 0 Å². The summed E-state index contributed by atoms with van der Waals surface area (Å²) in [6.07, 6.45) is 1.49. The first kappa shape index (κ1) is 17.3. The molecule has 1 amide bonds. The highest BCUT2D eigenvalue weighted by Gasteiger charge is 2.19. The summed E-state index contributed by atoms with van der Waals surface area (Å²) in [4.78, 5) is 22.7. The number of ether oxygens (including phenoxy) is 3. The van der Waals surface area contributed by atoms with Crippen molar-refractivity contribution in [3.8, 4) is 17.5 Å². The van der Waals surface area contributed by atoms with Gasteiger partial charge in [-0.2, -0.15) is 4.98 Å². The molecule has 2 aromatic rings. The molecule has 1 heterocycles. The zero-order valence-electron chi connectivity index (χ0n) is 14.3. The highest BCUT2D eigenvalue weighted by Crippen LogP contribution is 2.32. The number of anilines is 2. The number of para-hydroxylation sites is 1. The van der Waals surface area contributed by atoms with E-state index in [1.807, 2.05) is 14.1 Å². The van der Waals surface area contributed by atoms with Crippen LogP contribution in [0.25, 0.3) is 0 Å². The fraction of sp³-hybridized carbons (Fsp3) is 0.312. The quantitative estimate of drug-likeness (QED) is 0.863. The summed E-state index contributed by atoms with van der Waals surface area (Å²) < 4.78 is 15.5. The van der Waals surface area contributed by atoms with Gasteiger partial charge >= 0.3 is 6.01 Å². The van der Waals surface area contributed by atoms with Crippen LogP contribution in [-0.2, 0) is 0 Å². The van der Waals surface area contributed by atoms with E-state index in [2.05, 4.69) is 15.3 Å². The fourth-order valence-corrected chi connectivity index (χ4v) is 2.14. The molecule has 0 atom stereocenters. The molecule has 0 fully saturated rings. The van der Waals surface area contributed by atoms with Crippen molar-refractivity contribution in [1.82, 2.24) is 9.97 Å². The van der Waals surface area contributed by atoms with E-state index in [4.69, 9.17) is 14.2 Å². The molecule has 0 spiro atoms. The third kappa shape index (κ3) is 3.48. The van der Waals surface area contributed by atoms with Crippen LogP contribution in [0.4, 0.5) is 11.5 Å². The minimum atomic E-state index is -0.359. The topological polar surface area (TPSA) is 85.8 Å². The lowest BCUT2D eigenvalue weighted by atomic mass is 10.1. The average Bonchev–Trinajstić information content (AvgIpc) is 2.60. The second kappa shape index (κ2) is 7.49. The zero-order chi connectivity index (χ0) is 17.7. The van der Waals surface area contributed by atoms with Crippen molar-refractivity contribution < 1.29 is 19.0 Å². The van der Waals surface area contributed by atoms with Crippen LogP contribution in [0.1, 0.15) is 10.4 Å². The number of hydrogen-bond donors (Lipinski definition) is 1. The van der Waals surface area contributed by atoms with Crippen molar-refractivity contribution in [3.05, 3.63) is 30.0 Å². The van der Waals surface area contributed by atoms with Crippen LogP contribution >= 0.6 is 0 Å². The molecular weight excluding hydrogens is 312 g/mol. The van der Waals surface area contributed by atoms with Gasteiger partial charge in [0.05, 0.1) is 33.1 Å². The Labute approximate surface area is 140 Å². The van der Waals surface area contributed by atoms with Crippen molar-refractivity contribution in [2.45, 2.75) is 0 Å². The van der Waals surface area contributed by atoms with E-state index in [0.29, 0.717) is 28.6 Å². The maximum Gasteiger partial charge on any atom is 0.318 e. The summed E-state index contributed by atoms with van der Waals surface area (Å²) in [6.45, 7) is 0. The standard InChI is InChI=1S/C16H20N4O4/c1-20(2)14-11(9-17-16(19-14)24-5)18-15(21)10-7-6-8-12(22-3)13(10)23-4/h6-9H,1-5H3,(H,18,21). The number of aromatic nitrogens is 2. The lowest BCUT2D eigenvalue weighted by molar-refractivity contribution is 0.102. The number of rotatable bonds is 6.